The average Bonchev–Trinajstić information content (AvgIpc) is 2.95. The first-order valence-corrected chi connectivity index (χ1v) is 6.67. The predicted molar refractivity (Wildman–Crippen MR) is 80.5 cm³/mol. The molecule has 0 aliphatic carbocycles. The number of carbonyl (C=O) groups is 1. The first-order chi connectivity index (χ1) is 9.99. The summed E-state index contributed by atoms with van der Waals surface area (Å²) in [5.74, 6) is -0.00617. The normalized spacial score (nSPS) is 11.7. The molecule has 0 saturated carbocycles. The fraction of sp³-hybridized carbons (Fsp3) is 0.267. The van der Waals surface area contributed by atoms with Gasteiger partial charge in [0.05, 0.1) is 5.71 Å². The van der Waals surface area contributed by atoms with Gasteiger partial charge in [-0.3, -0.25) is 9.89 Å². The van der Waals surface area contributed by atoms with Gasteiger partial charge in [0, 0.05) is 11.3 Å². The second-order valence-electron chi connectivity index (χ2n) is 5.02. The number of benzene rings is 1. The maximum atomic E-state index is 11.9. The quantitative estimate of drug-likeness (QED) is 0.595. The number of carbonyl (C=O) groups excluding carboxylic acids is 1. The third-order valence-corrected chi connectivity index (χ3v) is 3.07. The summed E-state index contributed by atoms with van der Waals surface area (Å²) in [6.07, 6.45) is 0. The molecule has 6 nitrogen and oxygen atoms in total. The van der Waals surface area contributed by atoms with Crippen LogP contribution < -0.4 is 5.43 Å². The molecular formula is C15H18N4O2. The van der Waals surface area contributed by atoms with E-state index in [9.17, 15) is 9.90 Å². The van der Waals surface area contributed by atoms with Crippen molar-refractivity contribution < 1.29 is 9.90 Å². The number of H-pyrrole nitrogens is 1. The zero-order valence-corrected chi connectivity index (χ0v) is 12.2. The molecule has 0 saturated heterocycles. The van der Waals surface area contributed by atoms with Crippen LogP contribution >= 0.6 is 0 Å². The summed E-state index contributed by atoms with van der Waals surface area (Å²) in [4.78, 5) is 11.9. The Bertz CT molecular complexity index is 674. The second-order valence-corrected chi connectivity index (χ2v) is 5.02. The Morgan fingerprint density at radius 3 is 2.71 bits per heavy atom. The molecule has 0 unspecified atom stereocenters. The lowest BCUT2D eigenvalue weighted by atomic mass is 10.1. The first-order valence-electron chi connectivity index (χ1n) is 6.67. The number of amides is 1. The summed E-state index contributed by atoms with van der Waals surface area (Å²) in [6, 6.07) is 8.51. The van der Waals surface area contributed by atoms with Crippen LogP contribution in [0, 0.1) is 0 Å². The van der Waals surface area contributed by atoms with Crippen molar-refractivity contribution >= 4 is 11.6 Å². The van der Waals surface area contributed by atoms with Gasteiger partial charge in [0.25, 0.3) is 5.91 Å². The Morgan fingerprint density at radius 1 is 1.38 bits per heavy atom. The number of nitrogens with zero attached hydrogens (tertiary/aromatic N) is 2. The number of aromatic amines is 1. The van der Waals surface area contributed by atoms with Gasteiger partial charge in [-0.25, -0.2) is 5.43 Å². The van der Waals surface area contributed by atoms with E-state index in [2.05, 4.69) is 20.7 Å². The highest BCUT2D eigenvalue weighted by atomic mass is 16.3. The summed E-state index contributed by atoms with van der Waals surface area (Å²) in [5.41, 5.74) is 4.69. The van der Waals surface area contributed by atoms with Crippen LogP contribution in [0.3, 0.4) is 0 Å². The lowest BCUT2D eigenvalue weighted by Gasteiger charge is -2.03. The van der Waals surface area contributed by atoms with Crippen molar-refractivity contribution in [2.75, 3.05) is 0 Å². The molecule has 110 valence electrons. The molecule has 0 atom stereocenters. The van der Waals surface area contributed by atoms with Gasteiger partial charge in [-0.2, -0.15) is 10.2 Å². The highest BCUT2D eigenvalue weighted by Crippen LogP contribution is 2.16. The molecule has 6 heteroatoms. The van der Waals surface area contributed by atoms with Crippen LogP contribution in [0.4, 0.5) is 0 Å². The van der Waals surface area contributed by atoms with E-state index in [0.29, 0.717) is 11.3 Å². The number of phenolic OH excluding ortho intramolecular Hbond substituents is 1. The van der Waals surface area contributed by atoms with Gasteiger partial charge in [0.1, 0.15) is 5.75 Å². The predicted octanol–water partition coefficient (Wildman–Crippen LogP) is 2.39. The number of hydrogen-bond donors (Lipinski definition) is 3. The molecule has 1 aromatic heterocycles. The summed E-state index contributed by atoms with van der Waals surface area (Å²) < 4.78 is 0. The highest BCUT2D eigenvalue weighted by molar-refractivity contribution is 6.02. The van der Waals surface area contributed by atoms with Gasteiger partial charge in [-0.1, -0.05) is 26.0 Å². The molecule has 0 fully saturated rings. The number of hydrazone groups is 1. The molecule has 2 rings (SSSR count). The third kappa shape index (κ3) is 3.47. The van der Waals surface area contributed by atoms with Crippen molar-refractivity contribution in [2.45, 2.75) is 26.7 Å². The number of para-hydroxylation sites is 1. The molecule has 1 aromatic carbocycles. The summed E-state index contributed by atoms with van der Waals surface area (Å²) >= 11 is 0. The molecule has 0 bridgehead atoms. The summed E-state index contributed by atoms with van der Waals surface area (Å²) in [5, 5.41) is 20.5. The highest BCUT2D eigenvalue weighted by Gasteiger charge is 2.12. The van der Waals surface area contributed by atoms with Crippen molar-refractivity contribution in [3.8, 4) is 5.75 Å². The van der Waals surface area contributed by atoms with Gasteiger partial charge < -0.3 is 5.11 Å². The van der Waals surface area contributed by atoms with Crippen LogP contribution in [0.25, 0.3) is 0 Å². The Morgan fingerprint density at radius 2 is 2.10 bits per heavy atom. The first kappa shape index (κ1) is 14.8. The molecule has 1 heterocycles. The lowest BCUT2D eigenvalue weighted by Crippen LogP contribution is -2.19. The second kappa shape index (κ2) is 6.21. The van der Waals surface area contributed by atoms with E-state index in [1.807, 2.05) is 13.8 Å². The van der Waals surface area contributed by atoms with Crippen molar-refractivity contribution in [3.05, 3.63) is 47.3 Å². The van der Waals surface area contributed by atoms with Crippen LogP contribution in [0.15, 0.2) is 35.4 Å². The molecular weight excluding hydrogens is 268 g/mol. The fourth-order valence-electron chi connectivity index (χ4n) is 1.78. The Hall–Kier alpha value is -2.63. The molecule has 0 radical (unpaired) electrons. The molecule has 0 aliphatic heterocycles. The molecule has 21 heavy (non-hydrogen) atoms. The minimum Gasteiger partial charge on any atom is -0.507 e. The summed E-state index contributed by atoms with van der Waals surface area (Å²) in [7, 11) is 0. The Kier molecular flexibility index (Phi) is 4.37. The number of phenols is 1. The molecule has 0 aliphatic rings. The van der Waals surface area contributed by atoms with Crippen LogP contribution in [0.5, 0.6) is 5.75 Å². The maximum absolute atomic E-state index is 11.9. The van der Waals surface area contributed by atoms with Gasteiger partial charge in [-0.05, 0) is 31.0 Å². The zero-order valence-electron chi connectivity index (χ0n) is 12.2. The van der Waals surface area contributed by atoms with Gasteiger partial charge >= 0.3 is 0 Å². The standard InChI is InChI=1S/C15H18N4O2/c1-9(2)12-8-13(18-17-12)15(21)19-16-10(3)11-6-4-5-7-14(11)20/h4-9,20H,1-3H3,(H,17,18)(H,19,21)/b16-10+. The van der Waals surface area contributed by atoms with Crippen molar-refractivity contribution in [1.82, 2.24) is 15.6 Å². The number of rotatable bonds is 4. The fourth-order valence-corrected chi connectivity index (χ4v) is 1.78. The zero-order chi connectivity index (χ0) is 15.4. The van der Waals surface area contributed by atoms with Crippen LogP contribution in [-0.2, 0) is 0 Å². The van der Waals surface area contributed by atoms with Crippen molar-refractivity contribution in [3.63, 3.8) is 0 Å². The number of hydrogen-bond acceptors (Lipinski definition) is 4. The number of aromatic nitrogens is 2. The minimum absolute atomic E-state index is 0.120. The summed E-state index contributed by atoms with van der Waals surface area (Å²) in [6.45, 7) is 5.73. The smallest absolute Gasteiger partial charge is 0.291 e. The van der Waals surface area contributed by atoms with E-state index in [1.54, 1.807) is 37.3 Å². The number of nitrogens with one attached hydrogen (secondary N) is 2. The van der Waals surface area contributed by atoms with E-state index >= 15 is 0 Å². The van der Waals surface area contributed by atoms with E-state index in [1.165, 1.54) is 0 Å². The van der Waals surface area contributed by atoms with E-state index in [4.69, 9.17) is 0 Å². The van der Waals surface area contributed by atoms with E-state index in [-0.39, 0.29) is 17.4 Å². The topological polar surface area (TPSA) is 90.4 Å². The van der Waals surface area contributed by atoms with Gasteiger partial charge in [-0.15, -0.1) is 0 Å². The SMILES string of the molecule is C/C(=N\NC(=O)c1cc(C(C)C)[nH]n1)c1ccccc1O. The molecule has 2 aromatic rings. The maximum Gasteiger partial charge on any atom is 0.291 e. The van der Waals surface area contributed by atoms with Crippen molar-refractivity contribution in [1.29, 1.82) is 0 Å². The number of aromatic hydroxyl groups is 1. The van der Waals surface area contributed by atoms with E-state index in [0.717, 1.165) is 5.69 Å². The molecule has 3 N–H and O–H groups in total. The minimum atomic E-state index is -0.395. The average molecular weight is 286 g/mol. The van der Waals surface area contributed by atoms with Crippen LogP contribution in [0.2, 0.25) is 0 Å². The molecule has 1 amide bonds. The Balaban J connectivity index is 2.09. The van der Waals surface area contributed by atoms with E-state index < -0.39 is 5.91 Å². The van der Waals surface area contributed by atoms with Crippen molar-refractivity contribution in [2.24, 2.45) is 5.10 Å². The molecule has 0 spiro atoms. The van der Waals surface area contributed by atoms with Gasteiger partial charge in [0.2, 0.25) is 0 Å². The third-order valence-electron chi connectivity index (χ3n) is 3.07. The van der Waals surface area contributed by atoms with Gasteiger partial charge in [0.15, 0.2) is 5.69 Å². The largest absolute Gasteiger partial charge is 0.507 e. The van der Waals surface area contributed by atoms with Crippen LogP contribution in [0.1, 0.15) is 48.4 Å². The Labute approximate surface area is 122 Å². The monoisotopic (exact) mass is 286 g/mol. The van der Waals surface area contributed by atoms with Crippen LogP contribution in [-0.4, -0.2) is 26.9 Å². The lowest BCUT2D eigenvalue weighted by molar-refractivity contribution is 0.0950.